The van der Waals surface area contributed by atoms with E-state index in [2.05, 4.69) is 56.9 Å². The molecule has 2 atom stereocenters. The van der Waals surface area contributed by atoms with Gasteiger partial charge in [-0.3, -0.25) is 14.7 Å². The molecule has 2 heterocycles. The molecule has 1 saturated heterocycles. The average molecular weight is 434 g/mol. The molecular weight excluding hydrogens is 402 g/mol. The number of benzene rings is 2. The Bertz CT molecular complexity index is 1080. The average Bonchev–Trinajstić information content (AvgIpc) is 3.27. The van der Waals surface area contributed by atoms with Crippen molar-refractivity contribution in [2.45, 2.75) is 32.1 Å². The molecule has 1 aliphatic rings. The van der Waals surface area contributed by atoms with E-state index < -0.39 is 0 Å². The number of piperidine rings is 1. The van der Waals surface area contributed by atoms with Crippen molar-refractivity contribution in [1.29, 1.82) is 0 Å². The predicted molar refractivity (Wildman–Crippen MR) is 127 cm³/mol. The maximum atomic E-state index is 12.8. The largest absolute Gasteiger partial charge is 0.371 e. The van der Waals surface area contributed by atoms with Crippen molar-refractivity contribution in [3.05, 3.63) is 59.8 Å². The third-order valence-electron chi connectivity index (χ3n) is 6.39. The van der Waals surface area contributed by atoms with Crippen LogP contribution in [-0.4, -0.2) is 48.7 Å². The quantitative estimate of drug-likeness (QED) is 0.532. The summed E-state index contributed by atoms with van der Waals surface area (Å²) < 4.78 is 0. The summed E-state index contributed by atoms with van der Waals surface area (Å²) in [5, 5.41) is 13.7. The number of nitrogens with one attached hydrogen (secondary N) is 3. The summed E-state index contributed by atoms with van der Waals surface area (Å²) in [5.41, 5.74) is 3.57. The van der Waals surface area contributed by atoms with Crippen molar-refractivity contribution in [3.63, 3.8) is 0 Å². The van der Waals surface area contributed by atoms with Crippen LogP contribution in [0.25, 0.3) is 10.9 Å². The first-order valence-electron chi connectivity index (χ1n) is 11.3. The Morgan fingerprint density at radius 3 is 2.81 bits per heavy atom. The summed E-state index contributed by atoms with van der Waals surface area (Å²) >= 11 is 0. The monoisotopic (exact) mass is 433 g/mol. The summed E-state index contributed by atoms with van der Waals surface area (Å²) in [6, 6.07) is 16.4. The molecule has 4 rings (SSSR count). The van der Waals surface area contributed by atoms with Crippen molar-refractivity contribution >= 4 is 28.4 Å². The second-order valence-corrected chi connectivity index (χ2v) is 8.56. The SMILES string of the molecule is CNC(=O)c1n[nH]c2cc(N3CCCC(C(=O)NCCC(C)c4ccccc4)C3)ccc12. The molecule has 0 spiro atoms. The van der Waals surface area contributed by atoms with Gasteiger partial charge in [-0.05, 0) is 48.9 Å². The Morgan fingerprint density at radius 2 is 2.03 bits per heavy atom. The number of aromatic amines is 1. The van der Waals surface area contributed by atoms with Gasteiger partial charge in [0.2, 0.25) is 5.91 Å². The van der Waals surface area contributed by atoms with Gasteiger partial charge in [-0.1, -0.05) is 37.3 Å². The Kier molecular flexibility index (Phi) is 6.73. The molecule has 1 fully saturated rings. The number of hydrogen-bond donors (Lipinski definition) is 3. The van der Waals surface area contributed by atoms with Crippen molar-refractivity contribution in [1.82, 2.24) is 20.8 Å². The first-order valence-corrected chi connectivity index (χ1v) is 11.3. The standard InChI is InChI=1S/C25H31N5O2/c1-17(18-7-4-3-5-8-18)12-13-27-24(31)19-9-6-14-30(16-19)20-10-11-21-22(15-20)28-29-23(21)25(32)26-2/h3-5,7-8,10-11,15,17,19H,6,9,12-14,16H2,1-2H3,(H,26,32)(H,27,31)(H,28,29). The van der Waals surface area contributed by atoms with Gasteiger partial charge in [0.15, 0.2) is 5.69 Å². The van der Waals surface area contributed by atoms with Gasteiger partial charge in [-0.25, -0.2) is 0 Å². The van der Waals surface area contributed by atoms with E-state index in [1.54, 1.807) is 7.05 Å². The number of amides is 2. The first kappa shape index (κ1) is 21.9. The molecule has 0 radical (unpaired) electrons. The number of hydrogen-bond acceptors (Lipinski definition) is 4. The van der Waals surface area contributed by atoms with E-state index in [1.807, 2.05) is 24.3 Å². The number of rotatable bonds is 7. The van der Waals surface area contributed by atoms with Gasteiger partial charge in [-0.2, -0.15) is 5.10 Å². The number of carbonyl (C=O) groups is 2. The zero-order valence-corrected chi connectivity index (χ0v) is 18.7. The summed E-state index contributed by atoms with van der Waals surface area (Å²) in [5.74, 6) is 0.328. The van der Waals surface area contributed by atoms with E-state index in [0.29, 0.717) is 24.7 Å². The summed E-state index contributed by atoms with van der Waals surface area (Å²) in [6.07, 6.45) is 2.81. The predicted octanol–water partition coefficient (Wildman–Crippen LogP) is 3.45. The lowest BCUT2D eigenvalue weighted by Crippen LogP contribution is -2.43. The lowest BCUT2D eigenvalue weighted by molar-refractivity contribution is -0.125. The molecule has 2 aromatic carbocycles. The third-order valence-corrected chi connectivity index (χ3v) is 6.39. The lowest BCUT2D eigenvalue weighted by Gasteiger charge is -2.33. The van der Waals surface area contributed by atoms with E-state index in [9.17, 15) is 9.59 Å². The zero-order valence-electron chi connectivity index (χ0n) is 18.7. The van der Waals surface area contributed by atoms with Crippen molar-refractivity contribution in [2.75, 3.05) is 31.6 Å². The second kappa shape index (κ2) is 9.85. The molecule has 7 heteroatoms. The van der Waals surface area contributed by atoms with Gasteiger partial charge < -0.3 is 15.5 Å². The Morgan fingerprint density at radius 1 is 1.22 bits per heavy atom. The highest BCUT2D eigenvalue weighted by molar-refractivity contribution is 6.05. The van der Waals surface area contributed by atoms with Crippen LogP contribution in [0.5, 0.6) is 0 Å². The molecule has 7 nitrogen and oxygen atoms in total. The molecule has 2 amide bonds. The van der Waals surface area contributed by atoms with E-state index in [-0.39, 0.29) is 17.7 Å². The van der Waals surface area contributed by atoms with Crippen LogP contribution in [0.15, 0.2) is 48.5 Å². The molecule has 0 saturated carbocycles. The minimum atomic E-state index is -0.208. The van der Waals surface area contributed by atoms with Crippen LogP contribution in [-0.2, 0) is 4.79 Å². The smallest absolute Gasteiger partial charge is 0.272 e. The molecular formula is C25H31N5O2. The minimum absolute atomic E-state index is 0.0188. The normalized spacial score (nSPS) is 17.2. The number of carbonyl (C=O) groups excluding carboxylic acids is 2. The van der Waals surface area contributed by atoms with Crippen LogP contribution in [0.4, 0.5) is 5.69 Å². The Balaban J connectivity index is 1.34. The van der Waals surface area contributed by atoms with Gasteiger partial charge in [-0.15, -0.1) is 0 Å². The van der Waals surface area contributed by atoms with Gasteiger partial charge in [0.25, 0.3) is 5.91 Å². The van der Waals surface area contributed by atoms with Gasteiger partial charge in [0.05, 0.1) is 11.4 Å². The van der Waals surface area contributed by atoms with E-state index in [1.165, 1.54) is 5.56 Å². The van der Waals surface area contributed by atoms with Gasteiger partial charge in [0.1, 0.15) is 0 Å². The minimum Gasteiger partial charge on any atom is -0.371 e. The first-order chi connectivity index (χ1) is 15.6. The molecule has 0 aliphatic carbocycles. The highest BCUT2D eigenvalue weighted by atomic mass is 16.2. The van der Waals surface area contributed by atoms with E-state index in [0.717, 1.165) is 42.4 Å². The van der Waals surface area contributed by atoms with Crippen LogP contribution in [0.1, 0.15) is 48.2 Å². The van der Waals surface area contributed by atoms with Crippen LogP contribution in [0.3, 0.4) is 0 Å². The second-order valence-electron chi connectivity index (χ2n) is 8.56. The molecule has 3 aromatic rings. The molecule has 32 heavy (non-hydrogen) atoms. The highest BCUT2D eigenvalue weighted by Crippen LogP contribution is 2.27. The van der Waals surface area contributed by atoms with Crippen LogP contribution in [0.2, 0.25) is 0 Å². The van der Waals surface area contributed by atoms with Crippen LogP contribution in [0, 0.1) is 5.92 Å². The number of nitrogens with zero attached hydrogens (tertiary/aromatic N) is 2. The number of anilines is 1. The van der Waals surface area contributed by atoms with Crippen LogP contribution >= 0.6 is 0 Å². The van der Waals surface area contributed by atoms with Crippen molar-refractivity contribution in [3.8, 4) is 0 Å². The molecule has 1 aliphatic heterocycles. The topological polar surface area (TPSA) is 90.1 Å². The number of fused-ring (bicyclic) bond motifs is 1. The van der Waals surface area contributed by atoms with Crippen molar-refractivity contribution in [2.24, 2.45) is 5.92 Å². The fourth-order valence-electron chi connectivity index (χ4n) is 4.43. The van der Waals surface area contributed by atoms with E-state index in [4.69, 9.17) is 0 Å². The lowest BCUT2D eigenvalue weighted by atomic mass is 9.95. The third kappa shape index (κ3) is 4.77. The summed E-state index contributed by atoms with van der Waals surface area (Å²) in [4.78, 5) is 27.0. The van der Waals surface area contributed by atoms with Gasteiger partial charge in [0, 0.05) is 37.8 Å². The zero-order chi connectivity index (χ0) is 22.5. The number of aromatic nitrogens is 2. The van der Waals surface area contributed by atoms with Gasteiger partial charge >= 0.3 is 0 Å². The fourth-order valence-corrected chi connectivity index (χ4v) is 4.43. The molecule has 0 bridgehead atoms. The molecule has 3 N–H and O–H groups in total. The molecule has 1 aromatic heterocycles. The van der Waals surface area contributed by atoms with Crippen molar-refractivity contribution < 1.29 is 9.59 Å². The maximum absolute atomic E-state index is 12.8. The highest BCUT2D eigenvalue weighted by Gasteiger charge is 2.26. The molecule has 168 valence electrons. The van der Waals surface area contributed by atoms with E-state index >= 15 is 0 Å². The number of H-pyrrole nitrogens is 1. The Labute approximate surface area is 188 Å². The maximum Gasteiger partial charge on any atom is 0.272 e. The summed E-state index contributed by atoms with van der Waals surface area (Å²) in [6.45, 7) is 4.50. The fraction of sp³-hybridized carbons (Fsp3) is 0.400. The summed E-state index contributed by atoms with van der Waals surface area (Å²) in [7, 11) is 1.60. The molecule has 2 unspecified atom stereocenters. The Hall–Kier alpha value is -3.35. The van der Waals surface area contributed by atoms with Crippen LogP contribution < -0.4 is 15.5 Å².